The standard InChI is InChI=1S/C30H22ClFN2O3/c31-24-3-1-2-20(14-24)15-26-12-13-27-16-23(21-8-10-25(32)11-9-21)17-28(34(26)27)29(35)33-18-19-4-6-22(7-5-19)30(36)37/h1-14,16-17H,15,18H2,(H,33,35)(H,36,37). The molecule has 0 spiro atoms. The highest BCUT2D eigenvalue weighted by atomic mass is 35.5. The third-order valence-electron chi connectivity index (χ3n) is 6.17. The van der Waals surface area contributed by atoms with Gasteiger partial charge in [-0.25, -0.2) is 9.18 Å². The van der Waals surface area contributed by atoms with Crippen LogP contribution in [0.3, 0.4) is 0 Å². The number of fused-ring (bicyclic) bond motifs is 1. The summed E-state index contributed by atoms with van der Waals surface area (Å²) >= 11 is 6.18. The fourth-order valence-corrected chi connectivity index (χ4v) is 4.54. The lowest BCUT2D eigenvalue weighted by atomic mass is 10.0. The number of carboxylic acid groups (broad SMARTS) is 1. The van der Waals surface area contributed by atoms with Gasteiger partial charge in [-0.2, -0.15) is 0 Å². The van der Waals surface area contributed by atoms with Crippen LogP contribution in [0.5, 0.6) is 0 Å². The van der Waals surface area contributed by atoms with Gasteiger partial charge in [-0.15, -0.1) is 0 Å². The van der Waals surface area contributed by atoms with E-state index in [9.17, 15) is 14.0 Å². The van der Waals surface area contributed by atoms with Crippen molar-refractivity contribution in [2.24, 2.45) is 0 Å². The van der Waals surface area contributed by atoms with E-state index in [-0.39, 0.29) is 23.8 Å². The summed E-state index contributed by atoms with van der Waals surface area (Å²) in [5.74, 6) is -1.63. The largest absolute Gasteiger partial charge is 0.478 e. The van der Waals surface area contributed by atoms with Crippen LogP contribution in [0.2, 0.25) is 5.02 Å². The highest BCUT2D eigenvalue weighted by Gasteiger charge is 2.16. The van der Waals surface area contributed by atoms with Gasteiger partial charge >= 0.3 is 5.97 Å². The zero-order valence-corrected chi connectivity index (χ0v) is 20.4. The van der Waals surface area contributed by atoms with Gasteiger partial charge in [0.15, 0.2) is 0 Å². The second-order valence-corrected chi connectivity index (χ2v) is 9.15. The molecule has 0 saturated heterocycles. The minimum absolute atomic E-state index is 0.182. The van der Waals surface area contributed by atoms with Crippen molar-refractivity contribution < 1.29 is 19.1 Å². The molecule has 2 heterocycles. The van der Waals surface area contributed by atoms with Crippen LogP contribution in [0.4, 0.5) is 4.39 Å². The van der Waals surface area contributed by atoms with E-state index in [1.807, 2.05) is 46.9 Å². The first-order chi connectivity index (χ1) is 17.9. The molecule has 5 rings (SSSR count). The quantitative estimate of drug-likeness (QED) is 0.257. The summed E-state index contributed by atoms with van der Waals surface area (Å²) in [5.41, 5.74) is 5.73. The van der Waals surface area contributed by atoms with Gasteiger partial charge in [0.2, 0.25) is 0 Å². The number of nitrogens with one attached hydrogen (secondary N) is 1. The second kappa shape index (κ2) is 10.3. The number of carbonyl (C=O) groups excluding carboxylic acids is 1. The number of aromatic carboxylic acids is 1. The molecule has 0 aliphatic carbocycles. The van der Waals surface area contributed by atoms with Gasteiger partial charge in [0.1, 0.15) is 11.5 Å². The maximum Gasteiger partial charge on any atom is 0.335 e. The topological polar surface area (TPSA) is 70.8 Å². The van der Waals surface area contributed by atoms with E-state index < -0.39 is 5.97 Å². The van der Waals surface area contributed by atoms with Crippen LogP contribution in [0.1, 0.15) is 37.7 Å². The number of amides is 1. The average Bonchev–Trinajstić information content (AvgIpc) is 3.30. The first-order valence-corrected chi connectivity index (χ1v) is 12.0. The number of halogens is 2. The molecule has 0 fully saturated rings. The molecule has 184 valence electrons. The molecule has 37 heavy (non-hydrogen) atoms. The maximum absolute atomic E-state index is 13.5. The molecule has 5 nitrogen and oxygen atoms in total. The number of aromatic nitrogens is 1. The van der Waals surface area contributed by atoms with E-state index >= 15 is 0 Å². The lowest BCUT2D eigenvalue weighted by Crippen LogP contribution is -2.25. The second-order valence-electron chi connectivity index (χ2n) is 8.71. The molecule has 1 amide bonds. The van der Waals surface area contributed by atoms with Crippen LogP contribution >= 0.6 is 11.6 Å². The van der Waals surface area contributed by atoms with Gasteiger partial charge in [-0.3, -0.25) is 4.79 Å². The summed E-state index contributed by atoms with van der Waals surface area (Å²) < 4.78 is 15.4. The normalized spacial score (nSPS) is 11.0. The highest BCUT2D eigenvalue weighted by Crippen LogP contribution is 2.27. The molecule has 0 saturated carbocycles. The fourth-order valence-electron chi connectivity index (χ4n) is 4.32. The smallest absolute Gasteiger partial charge is 0.335 e. The SMILES string of the molecule is O=C(O)c1ccc(CNC(=O)c2cc(-c3ccc(F)cc3)cc3ccc(Cc4cccc(Cl)c4)n23)cc1. The number of pyridine rings is 1. The van der Waals surface area contributed by atoms with Crippen molar-refractivity contribution in [1.29, 1.82) is 0 Å². The molecule has 5 aromatic rings. The van der Waals surface area contributed by atoms with Gasteiger partial charge in [0.05, 0.1) is 5.56 Å². The molecular formula is C30H22ClFN2O3. The molecule has 2 N–H and O–H groups in total. The van der Waals surface area contributed by atoms with Crippen molar-refractivity contribution in [3.05, 3.63) is 136 Å². The van der Waals surface area contributed by atoms with Crippen LogP contribution in [-0.4, -0.2) is 21.4 Å². The monoisotopic (exact) mass is 512 g/mol. The van der Waals surface area contributed by atoms with Crippen LogP contribution in [-0.2, 0) is 13.0 Å². The van der Waals surface area contributed by atoms with Gasteiger partial charge in [0, 0.05) is 29.2 Å². The van der Waals surface area contributed by atoms with Crippen LogP contribution in [0.25, 0.3) is 16.6 Å². The Labute approximate surface area is 217 Å². The fraction of sp³-hybridized carbons (Fsp3) is 0.0667. The maximum atomic E-state index is 13.5. The van der Waals surface area contributed by atoms with Gasteiger partial charge < -0.3 is 14.8 Å². The van der Waals surface area contributed by atoms with Crippen molar-refractivity contribution in [3.63, 3.8) is 0 Å². The van der Waals surface area contributed by atoms with Gasteiger partial charge in [-0.1, -0.05) is 48.0 Å². The number of hydrogen-bond donors (Lipinski definition) is 2. The summed E-state index contributed by atoms with van der Waals surface area (Å²) in [7, 11) is 0. The van der Waals surface area contributed by atoms with Crippen molar-refractivity contribution >= 4 is 29.0 Å². The highest BCUT2D eigenvalue weighted by molar-refractivity contribution is 6.30. The molecule has 0 bridgehead atoms. The van der Waals surface area contributed by atoms with E-state index in [4.69, 9.17) is 16.7 Å². The number of carbonyl (C=O) groups is 2. The summed E-state index contributed by atoms with van der Waals surface area (Å²) in [5, 5.41) is 12.7. The summed E-state index contributed by atoms with van der Waals surface area (Å²) in [6, 6.07) is 27.8. The van der Waals surface area contributed by atoms with Crippen LogP contribution < -0.4 is 5.32 Å². The predicted molar refractivity (Wildman–Crippen MR) is 142 cm³/mol. The Morgan fingerprint density at radius 3 is 2.30 bits per heavy atom. The molecule has 7 heteroatoms. The van der Waals surface area contributed by atoms with Gasteiger partial charge in [-0.05, 0) is 82.9 Å². The molecule has 0 unspecified atom stereocenters. The number of benzene rings is 3. The van der Waals surface area contributed by atoms with Crippen LogP contribution in [0.15, 0.2) is 97.1 Å². The Balaban J connectivity index is 1.52. The predicted octanol–water partition coefficient (Wildman–Crippen LogP) is 6.62. The van der Waals surface area contributed by atoms with E-state index in [2.05, 4.69) is 5.32 Å². The molecule has 0 atom stereocenters. The van der Waals surface area contributed by atoms with E-state index in [1.54, 1.807) is 30.3 Å². The van der Waals surface area contributed by atoms with E-state index in [1.165, 1.54) is 24.3 Å². The Kier molecular flexibility index (Phi) is 6.75. The summed E-state index contributed by atoms with van der Waals surface area (Å²) in [6.07, 6.45) is 0.571. The third kappa shape index (κ3) is 5.39. The third-order valence-corrected chi connectivity index (χ3v) is 6.40. The average molecular weight is 513 g/mol. The molecular weight excluding hydrogens is 491 g/mol. The Hall–Kier alpha value is -4.42. The Morgan fingerprint density at radius 1 is 0.838 bits per heavy atom. The number of nitrogens with zero attached hydrogens (tertiary/aromatic N) is 1. The summed E-state index contributed by atoms with van der Waals surface area (Å²) in [4.78, 5) is 24.6. The van der Waals surface area contributed by atoms with Crippen molar-refractivity contribution in [2.75, 3.05) is 0 Å². The Bertz CT molecular complexity index is 1610. The zero-order chi connectivity index (χ0) is 25.9. The van der Waals surface area contributed by atoms with Crippen molar-refractivity contribution in [2.45, 2.75) is 13.0 Å². The van der Waals surface area contributed by atoms with Gasteiger partial charge in [0.25, 0.3) is 5.91 Å². The Morgan fingerprint density at radius 2 is 1.59 bits per heavy atom. The van der Waals surface area contributed by atoms with Crippen molar-refractivity contribution in [1.82, 2.24) is 9.72 Å². The van der Waals surface area contributed by atoms with Crippen molar-refractivity contribution in [3.8, 4) is 11.1 Å². The molecule has 0 aliphatic heterocycles. The number of hydrogen-bond acceptors (Lipinski definition) is 2. The molecule has 2 aromatic heterocycles. The lowest BCUT2D eigenvalue weighted by molar-refractivity contribution is 0.0696. The lowest BCUT2D eigenvalue weighted by Gasteiger charge is -2.14. The van der Waals surface area contributed by atoms with Crippen LogP contribution in [0, 0.1) is 5.82 Å². The van der Waals surface area contributed by atoms with E-state index in [0.717, 1.165) is 33.5 Å². The minimum atomic E-state index is -1.00. The molecule has 3 aromatic carbocycles. The zero-order valence-electron chi connectivity index (χ0n) is 19.6. The van der Waals surface area contributed by atoms with E-state index in [0.29, 0.717) is 17.1 Å². The minimum Gasteiger partial charge on any atom is -0.478 e. The molecule has 0 aliphatic rings. The first-order valence-electron chi connectivity index (χ1n) is 11.6. The summed E-state index contributed by atoms with van der Waals surface area (Å²) in [6.45, 7) is 0.228. The number of rotatable bonds is 7. The number of carboxylic acids is 1. The molecule has 0 radical (unpaired) electrons. The first kappa shape index (κ1) is 24.3.